The molecule has 2 rings (SSSR count). The predicted molar refractivity (Wildman–Crippen MR) is 74.4 cm³/mol. The third-order valence-corrected chi connectivity index (χ3v) is 3.61. The average molecular weight is 268 g/mol. The summed E-state index contributed by atoms with van der Waals surface area (Å²) in [6.07, 6.45) is 3.37. The summed E-state index contributed by atoms with van der Waals surface area (Å²) < 4.78 is 13.3. The zero-order chi connectivity index (χ0) is 13.1. The number of hydrogen-bond donors (Lipinski definition) is 2. The van der Waals surface area contributed by atoms with Crippen LogP contribution in [-0.4, -0.2) is 29.3 Å². The lowest BCUT2D eigenvalue weighted by molar-refractivity contribution is 0.283. The lowest BCUT2D eigenvalue weighted by Crippen LogP contribution is -2.42. The van der Waals surface area contributed by atoms with Crippen LogP contribution in [0.4, 0.5) is 10.1 Å². The molecule has 18 heavy (non-hydrogen) atoms. The van der Waals surface area contributed by atoms with Gasteiger partial charge in [0.25, 0.3) is 0 Å². The van der Waals surface area contributed by atoms with Gasteiger partial charge in [-0.25, -0.2) is 4.39 Å². The van der Waals surface area contributed by atoms with Crippen molar-refractivity contribution in [1.82, 2.24) is 0 Å². The number of hydrogen-bond acceptors (Lipinski definition) is 3. The Bertz CT molecular complexity index is 449. The number of benzene rings is 1. The number of nitrogens with two attached hydrogens (primary N) is 1. The Balaban J connectivity index is 2.36. The van der Waals surface area contributed by atoms with Crippen molar-refractivity contribution in [1.29, 1.82) is 0 Å². The van der Waals surface area contributed by atoms with Crippen molar-refractivity contribution < 1.29 is 9.50 Å². The van der Waals surface area contributed by atoms with Crippen molar-refractivity contribution in [3.05, 3.63) is 29.6 Å². The van der Waals surface area contributed by atoms with Gasteiger partial charge >= 0.3 is 0 Å². The van der Waals surface area contributed by atoms with E-state index in [4.69, 9.17) is 18.0 Å². The molecule has 0 bridgehead atoms. The normalized spacial score (nSPS) is 15.2. The molecule has 1 fully saturated rings. The second-order valence-electron chi connectivity index (χ2n) is 4.53. The Morgan fingerprint density at radius 1 is 1.50 bits per heavy atom. The first kappa shape index (κ1) is 13.2. The summed E-state index contributed by atoms with van der Waals surface area (Å²) in [7, 11) is 0. The summed E-state index contributed by atoms with van der Waals surface area (Å²) in [6, 6.07) is 4.86. The van der Waals surface area contributed by atoms with E-state index in [0.717, 1.165) is 18.5 Å². The van der Waals surface area contributed by atoms with Gasteiger partial charge in [0.15, 0.2) is 0 Å². The molecule has 0 atom stereocenters. The van der Waals surface area contributed by atoms with Crippen molar-refractivity contribution in [2.75, 3.05) is 18.1 Å². The number of rotatable bonds is 5. The highest BCUT2D eigenvalue weighted by Crippen LogP contribution is 2.31. The number of aliphatic hydroxyl groups is 1. The lowest BCUT2D eigenvalue weighted by atomic mass is 9.90. The monoisotopic (exact) mass is 268 g/mol. The molecule has 0 amide bonds. The van der Waals surface area contributed by atoms with E-state index < -0.39 is 0 Å². The molecule has 3 nitrogen and oxygen atoms in total. The lowest BCUT2D eigenvalue weighted by Gasteiger charge is -2.39. The van der Waals surface area contributed by atoms with Gasteiger partial charge in [0.1, 0.15) is 10.8 Å². The zero-order valence-corrected chi connectivity index (χ0v) is 10.9. The first-order chi connectivity index (χ1) is 8.63. The van der Waals surface area contributed by atoms with Gasteiger partial charge in [-0.2, -0.15) is 0 Å². The van der Waals surface area contributed by atoms with Gasteiger partial charge in [-0.05, 0) is 37.5 Å². The van der Waals surface area contributed by atoms with Crippen LogP contribution in [-0.2, 0) is 0 Å². The second kappa shape index (κ2) is 5.63. The molecule has 0 spiro atoms. The van der Waals surface area contributed by atoms with E-state index in [0.29, 0.717) is 18.2 Å². The molecule has 0 aromatic heterocycles. The van der Waals surface area contributed by atoms with Gasteiger partial charge in [-0.15, -0.1) is 0 Å². The number of aliphatic hydroxyl groups excluding tert-OH is 1. The molecular weight excluding hydrogens is 251 g/mol. The molecule has 0 radical (unpaired) electrons. The topological polar surface area (TPSA) is 49.5 Å². The number of nitrogens with zero attached hydrogens (tertiary/aromatic N) is 1. The first-order valence-electron chi connectivity index (χ1n) is 6.10. The van der Waals surface area contributed by atoms with Crippen molar-refractivity contribution in [2.24, 2.45) is 5.73 Å². The van der Waals surface area contributed by atoms with Crippen LogP contribution in [0.25, 0.3) is 0 Å². The van der Waals surface area contributed by atoms with Crippen molar-refractivity contribution in [2.45, 2.75) is 25.3 Å². The molecule has 1 aliphatic rings. The van der Waals surface area contributed by atoms with Crippen LogP contribution < -0.4 is 10.6 Å². The van der Waals surface area contributed by atoms with E-state index in [1.807, 2.05) is 0 Å². The molecule has 1 aromatic carbocycles. The van der Waals surface area contributed by atoms with E-state index in [1.54, 1.807) is 6.07 Å². The Morgan fingerprint density at radius 3 is 2.72 bits per heavy atom. The maximum atomic E-state index is 13.3. The van der Waals surface area contributed by atoms with Gasteiger partial charge in [0, 0.05) is 23.8 Å². The van der Waals surface area contributed by atoms with Crippen LogP contribution in [0.15, 0.2) is 18.2 Å². The Morgan fingerprint density at radius 2 is 2.22 bits per heavy atom. The van der Waals surface area contributed by atoms with Crippen molar-refractivity contribution in [3.63, 3.8) is 0 Å². The molecule has 0 aliphatic heterocycles. The van der Waals surface area contributed by atoms with Crippen molar-refractivity contribution >= 4 is 22.9 Å². The summed E-state index contributed by atoms with van der Waals surface area (Å²) in [6.45, 7) is 0.580. The maximum absolute atomic E-state index is 13.3. The van der Waals surface area contributed by atoms with Gasteiger partial charge in [-0.3, -0.25) is 0 Å². The van der Waals surface area contributed by atoms with E-state index in [-0.39, 0.29) is 17.4 Å². The Labute approximate surface area is 111 Å². The van der Waals surface area contributed by atoms with E-state index in [1.165, 1.54) is 18.6 Å². The highest BCUT2D eigenvalue weighted by atomic mass is 32.1. The first-order valence-corrected chi connectivity index (χ1v) is 6.51. The fraction of sp³-hybridized carbons (Fsp3) is 0.462. The number of thiocarbonyl (C=S) groups is 1. The molecule has 1 aromatic rings. The van der Waals surface area contributed by atoms with Crippen LogP contribution in [0, 0.1) is 5.82 Å². The van der Waals surface area contributed by atoms with Crippen LogP contribution in [0.1, 0.15) is 24.8 Å². The minimum Gasteiger partial charge on any atom is -0.395 e. The third kappa shape index (κ3) is 2.62. The zero-order valence-electron chi connectivity index (χ0n) is 10.1. The summed E-state index contributed by atoms with van der Waals surface area (Å²) in [5.41, 5.74) is 7.02. The van der Waals surface area contributed by atoms with E-state index in [2.05, 4.69) is 4.90 Å². The summed E-state index contributed by atoms with van der Waals surface area (Å²) in [4.78, 5) is 2.27. The molecular formula is C13H17FN2OS. The molecule has 98 valence electrons. The van der Waals surface area contributed by atoms with Gasteiger partial charge in [0.2, 0.25) is 0 Å². The Hall–Kier alpha value is -1.20. The number of halogens is 1. The molecule has 1 aliphatic carbocycles. The average Bonchev–Trinajstić information content (AvgIpc) is 2.26. The molecule has 0 saturated heterocycles. The smallest absolute Gasteiger partial charge is 0.124 e. The quantitative estimate of drug-likeness (QED) is 0.800. The minimum absolute atomic E-state index is 0.0602. The van der Waals surface area contributed by atoms with E-state index in [9.17, 15) is 9.50 Å². The predicted octanol–water partition coefficient (Wildman–Crippen LogP) is 1.81. The second-order valence-corrected chi connectivity index (χ2v) is 4.97. The van der Waals surface area contributed by atoms with Gasteiger partial charge < -0.3 is 15.7 Å². The summed E-state index contributed by atoms with van der Waals surface area (Å²) in [5.74, 6) is -0.348. The minimum atomic E-state index is -0.348. The Kier molecular flexibility index (Phi) is 4.14. The van der Waals surface area contributed by atoms with Crippen molar-refractivity contribution in [3.8, 4) is 0 Å². The van der Waals surface area contributed by atoms with Crippen LogP contribution in [0.2, 0.25) is 0 Å². The standard InChI is InChI=1S/C13H17FN2OS/c14-9-4-5-12(11(8-9)13(15)18)16(6-7-17)10-2-1-3-10/h4-5,8,10,17H,1-3,6-7H2,(H2,15,18). The van der Waals surface area contributed by atoms with Gasteiger partial charge in [0.05, 0.1) is 6.61 Å². The van der Waals surface area contributed by atoms with Gasteiger partial charge in [-0.1, -0.05) is 12.2 Å². The molecule has 1 saturated carbocycles. The maximum Gasteiger partial charge on any atom is 0.124 e. The summed E-state index contributed by atoms with van der Waals surface area (Å²) in [5, 5.41) is 9.17. The SMILES string of the molecule is NC(=S)c1cc(F)ccc1N(CCO)C1CCC1. The largest absolute Gasteiger partial charge is 0.395 e. The third-order valence-electron chi connectivity index (χ3n) is 3.39. The molecule has 0 heterocycles. The van der Waals surface area contributed by atoms with Crippen LogP contribution in [0.5, 0.6) is 0 Å². The summed E-state index contributed by atoms with van der Waals surface area (Å²) >= 11 is 4.98. The molecule has 0 unspecified atom stereocenters. The number of anilines is 1. The molecule has 5 heteroatoms. The highest BCUT2D eigenvalue weighted by Gasteiger charge is 2.26. The highest BCUT2D eigenvalue weighted by molar-refractivity contribution is 7.80. The fourth-order valence-electron chi connectivity index (χ4n) is 2.26. The van der Waals surface area contributed by atoms with Crippen LogP contribution >= 0.6 is 12.2 Å². The van der Waals surface area contributed by atoms with E-state index >= 15 is 0 Å². The fourth-order valence-corrected chi connectivity index (χ4v) is 2.43. The molecule has 3 N–H and O–H groups in total. The van der Waals surface area contributed by atoms with Crippen LogP contribution in [0.3, 0.4) is 0 Å².